The topological polar surface area (TPSA) is 64.0 Å². The Morgan fingerprint density at radius 2 is 2.04 bits per heavy atom. The molecule has 2 aromatic carbocycles. The zero-order chi connectivity index (χ0) is 16.4. The first kappa shape index (κ1) is 15.2. The quantitative estimate of drug-likeness (QED) is 0.578. The third-order valence-corrected chi connectivity index (χ3v) is 3.77. The largest absolute Gasteiger partial charge is 0.495 e. The van der Waals surface area contributed by atoms with Gasteiger partial charge < -0.3 is 14.9 Å². The van der Waals surface area contributed by atoms with Gasteiger partial charge in [0.05, 0.1) is 12.8 Å². The molecule has 0 radical (unpaired) electrons. The van der Waals surface area contributed by atoms with Crippen LogP contribution in [0.15, 0.2) is 58.1 Å². The number of hydrogen-bond donors (Lipinski definition) is 1. The van der Waals surface area contributed by atoms with Gasteiger partial charge in [-0.2, -0.15) is 0 Å². The first-order valence-corrected chi connectivity index (χ1v) is 7.35. The van der Waals surface area contributed by atoms with Gasteiger partial charge in [0.2, 0.25) is 11.8 Å². The molecule has 0 saturated heterocycles. The van der Waals surface area contributed by atoms with E-state index in [9.17, 15) is 0 Å². The highest BCUT2D eigenvalue weighted by Gasteiger charge is 2.23. The predicted molar refractivity (Wildman–Crippen MR) is 93.9 cm³/mol. The lowest BCUT2D eigenvalue weighted by molar-refractivity contribution is 0.415. The Hall–Kier alpha value is -2.66. The smallest absolute Gasteiger partial charge is 0.214 e. The average Bonchev–Trinajstić information content (AvgIpc) is 2.99. The molecule has 23 heavy (non-hydrogen) atoms. The molecule has 5 nitrogen and oxygen atoms in total. The van der Waals surface area contributed by atoms with E-state index in [1.165, 1.54) is 0 Å². The molecule has 0 bridgehead atoms. The van der Waals surface area contributed by atoms with Crippen LogP contribution in [0.25, 0.3) is 10.8 Å². The van der Waals surface area contributed by atoms with Gasteiger partial charge in [-0.15, -0.1) is 0 Å². The van der Waals surface area contributed by atoms with Crippen LogP contribution in [0.3, 0.4) is 0 Å². The fraction of sp³-hybridized carbons (Fsp3) is 0.118. The van der Waals surface area contributed by atoms with Gasteiger partial charge in [-0.1, -0.05) is 29.8 Å². The zero-order valence-corrected chi connectivity index (χ0v) is 13.5. The van der Waals surface area contributed by atoms with Crippen LogP contribution in [0.1, 0.15) is 0 Å². The van der Waals surface area contributed by atoms with Crippen molar-refractivity contribution in [3.63, 3.8) is 0 Å². The molecule has 0 aliphatic rings. The summed E-state index contributed by atoms with van der Waals surface area (Å²) in [5.74, 6) is 1.44. The van der Waals surface area contributed by atoms with E-state index in [0.717, 1.165) is 10.8 Å². The van der Waals surface area contributed by atoms with Crippen LogP contribution < -0.4 is 15.4 Å². The third-order valence-electron chi connectivity index (χ3n) is 3.53. The number of nitrogens with zero attached hydrogens (tertiary/aromatic N) is 2. The number of methoxy groups -OCH3 is 1. The molecule has 6 heteroatoms. The molecule has 118 valence electrons. The van der Waals surface area contributed by atoms with Crippen molar-refractivity contribution < 1.29 is 9.15 Å². The summed E-state index contributed by atoms with van der Waals surface area (Å²) in [5, 5.41) is 2.45. The molecule has 3 aromatic rings. The molecule has 0 atom stereocenters. The van der Waals surface area contributed by atoms with Gasteiger partial charge in [0.1, 0.15) is 12.0 Å². The van der Waals surface area contributed by atoms with Crippen molar-refractivity contribution in [2.45, 2.75) is 0 Å². The summed E-state index contributed by atoms with van der Waals surface area (Å²) in [7, 11) is 3.20. The lowest BCUT2D eigenvalue weighted by atomic mass is 10.2. The summed E-state index contributed by atoms with van der Waals surface area (Å²) < 4.78 is 11.2. The third kappa shape index (κ3) is 2.71. The number of nitrogens with two attached hydrogens (primary N) is 1. The fourth-order valence-electron chi connectivity index (χ4n) is 2.43. The lowest BCUT2D eigenvalue weighted by Gasteiger charge is -2.23. The number of aliphatic imine (C=N–C) groups is 1. The molecule has 1 aromatic heterocycles. The fourth-order valence-corrected chi connectivity index (χ4v) is 2.59. The van der Waals surface area contributed by atoms with E-state index in [2.05, 4.69) is 4.99 Å². The summed E-state index contributed by atoms with van der Waals surface area (Å²) >= 11 is 6.15. The average molecular weight is 330 g/mol. The second-order valence-electron chi connectivity index (χ2n) is 4.86. The van der Waals surface area contributed by atoms with E-state index in [0.29, 0.717) is 22.3 Å². The van der Waals surface area contributed by atoms with Crippen molar-refractivity contribution in [2.75, 3.05) is 19.1 Å². The SMILES string of the molecule is CN=C(N)N(c1cc(Cl)ccc1OC)c1occ2ccccc12. The van der Waals surface area contributed by atoms with Gasteiger partial charge in [0.25, 0.3) is 0 Å². The molecule has 0 aliphatic heterocycles. The number of anilines is 2. The molecular formula is C17H16ClN3O2. The summed E-state index contributed by atoms with van der Waals surface area (Å²) in [6.07, 6.45) is 1.68. The summed E-state index contributed by atoms with van der Waals surface area (Å²) in [5.41, 5.74) is 6.78. The van der Waals surface area contributed by atoms with Gasteiger partial charge in [-0.3, -0.25) is 4.99 Å². The predicted octanol–water partition coefficient (Wildman–Crippen LogP) is 4.18. The number of guanidine groups is 1. The number of hydrogen-bond acceptors (Lipinski definition) is 3. The van der Waals surface area contributed by atoms with Gasteiger partial charge in [-0.25, -0.2) is 4.90 Å². The molecule has 0 fully saturated rings. The highest BCUT2D eigenvalue weighted by atomic mass is 35.5. The van der Waals surface area contributed by atoms with Gasteiger partial charge in [0, 0.05) is 22.8 Å². The first-order chi connectivity index (χ1) is 11.2. The standard InChI is InChI=1S/C17H16ClN3O2/c1-20-17(19)21(14-9-12(18)7-8-15(14)22-2)16-13-6-4-3-5-11(13)10-23-16/h3-10H,1-2H3,(H2,19,20). The van der Waals surface area contributed by atoms with Crippen LogP contribution in [-0.2, 0) is 0 Å². The van der Waals surface area contributed by atoms with E-state index in [-0.39, 0.29) is 5.96 Å². The zero-order valence-electron chi connectivity index (χ0n) is 12.8. The molecule has 3 rings (SSSR count). The minimum Gasteiger partial charge on any atom is -0.495 e. The highest BCUT2D eigenvalue weighted by molar-refractivity contribution is 6.31. The molecule has 1 heterocycles. The second-order valence-corrected chi connectivity index (χ2v) is 5.30. The monoisotopic (exact) mass is 329 g/mol. The number of halogens is 1. The molecule has 2 N–H and O–H groups in total. The van der Waals surface area contributed by atoms with Crippen molar-refractivity contribution in [3.8, 4) is 5.75 Å². The van der Waals surface area contributed by atoms with Crippen molar-refractivity contribution in [3.05, 3.63) is 53.8 Å². The summed E-state index contributed by atoms with van der Waals surface area (Å²) in [6, 6.07) is 13.1. The molecule has 0 amide bonds. The molecule has 0 saturated carbocycles. The van der Waals surface area contributed by atoms with Crippen molar-refractivity contribution in [2.24, 2.45) is 10.7 Å². The molecule has 0 aliphatic carbocycles. The number of fused-ring (bicyclic) bond motifs is 1. The maximum atomic E-state index is 6.15. The normalized spacial score (nSPS) is 11.7. The van der Waals surface area contributed by atoms with Gasteiger partial charge >= 0.3 is 0 Å². The second kappa shape index (κ2) is 6.22. The van der Waals surface area contributed by atoms with E-state index in [1.54, 1.807) is 43.5 Å². The number of ether oxygens (including phenoxy) is 1. The van der Waals surface area contributed by atoms with Crippen LogP contribution in [0.4, 0.5) is 11.6 Å². The van der Waals surface area contributed by atoms with Crippen molar-refractivity contribution >= 4 is 39.9 Å². The summed E-state index contributed by atoms with van der Waals surface area (Å²) in [4.78, 5) is 5.78. The van der Waals surface area contributed by atoms with E-state index < -0.39 is 0 Å². The molecule has 0 unspecified atom stereocenters. The van der Waals surface area contributed by atoms with Crippen molar-refractivity contribution in [1.29, 1.82) is 0 Å². The lowest BCUT2D eigenvalue weighted by Crippen LogP contribution is -2.33. The molecule has 0 spiro atoms. The Balaban J connectivity index is 2.26. The molecular weight excluding hydrogens is 314 g/mol. The Bertz CT molecular complexity index is 873. The van der Waals surface area contributed by atoms with E-state index >= 15 is 0 Å². The maximum Gasteiger partial charge on any atom is 0.214 e. The Kier molecular flexibility index (Phi) is 4.12. The highest BCUT2D eigenvalue weighted by Crippen LogP contribution is 2.39. The van der Waals surface area contributed by atoms with E-state index in [1.807, 2.05) is 24.3 Å². The Morgan fingerprint density at radius 1 is 1.26 bits per heavy atom. The van der Waals surface area contributed by atoms with Gasteiger partial charge in [0.15, 0.2) is 0 Å². The Labute approximate surface area is 138 Å². The first-order valence-electron chi connectivity index (χ1n) is 6.98. The summed E-state index contributed by atoms with van der Waals surface area (Å²) in [6.45, 7) is 0. The van der Waals surface area contributed by atoms with Crippen molar-refractivity contribution in [1.82, 2.24) is 0 Å². The van der Waals surface area contributed by atoms with Crippen LogP contribution in [0.2, 0.25) is 5.02 Å². The maximum absolute atomic E-state index is 6.15. The number of rotatable bonds is 3. The number of benzene rings is 2. The minimum atomic E-state index is 0.269. The van der Waals surface area contributed by atoms with Gasteiger partial charge in [-0.05, 0) is 24.3 Å². The van der Waals surface area contributed by atoms with Crippen LogP contribution in [0.5, 0.6) is 5.75 Å². The number of furan rings is 1. The van der Waals surface area contributed by atoms with Crippen LogP contribution in [-0.4, -0.2) is 20.1 Å². The van der Waals surface area contributed by atoms with Crippen LogP contribution >= 0.6 is 11.6 Å². The van der Waals surface area contributed by atoms with Crippen LogP contribution in [0, 0.1) is 0 Å². The Morgan fingerprint density at radius 3 is 2.78 bits per heavy atom. The van der Waals surface area contributed by atoms with E-state index in [4.69, 9.17) is 26.5 Å². The minimum absolute atomic E-state index is 0.269.